The van der Waals surface area contributed by atoms with E-state index in [1.54, 1.807) is 6.07 Å². The Bertz CT molecular complexity index is 567. The van der Waals surface area contributed by atoms with Crippen LogP contribution in [0.25, 0.3) is 0 Å². The van der Waals surface area contributed by atoms with Crippen molar-refractivity contribution in [3.8, 4) is 0 Å². The lowest BCUT2D eigenvalue weighted by molar-refractivity contribution is 0.543. The second kappa shape index (κ2) is 6.16. The summed E-state index contributed by atoms with van der Waals surface area (Å²) >= 11 is 0. The summed E-state index contributed by atoms with van der Waals surface area (Å²) in [5.74, 6) is 5.43. The van der Waals surface area contributed by atoms with Gasteiger partial charge in [-0.1, -0.05) is 35.4 Å². The van der Waals surface area contributed by atoms with Crippen molar-refractivity contribution in [2.24, 2.45) is 5.84 Å². The maximum Gasteiger partial charge on any atom is 0.123 e. The fraction of sp³-hybridized carbons (Fsp3) is 0.294. The molecule has 0 saturated heterocycles. The Hall–Kier alpha value is -1.71. The number of hydrogen-bond donors (Lipinski definition) is 2. The molecule has 2 rings (SSSR count). The molecule has 0 aliphatic heterocycles. The predicted molar refractivity (Wildman–Crippen MR) is 80.8 cm³/mol. The Morgan fingerprint density at radius 2 is 1.55 bits per heavy atom. The van der Waals surface area contributed by atoms with Gasteiger partial charge in [0.05, 0.1) is 6.04 Å². The third-order valence-corrected chi connectivity index (χ3v) is 3.39. The van der Waals surface area contributed by atoms with Gasteiger partial charge in [-0.15, -0.1) is 0 Å². The van der Waals surface area contributed by atoms with Crippen molar-refractivity contribution in [1.29, 1.82) is 0 Å². The minimum absolute atomic E-state index is 0.0920. The number of nitrogens with one attached hydrogen (secondary N) is 1. The first-order valence-electron chi connectivity index (χ1n) is 6.78. The van der Waals surface area contributed by atoms with E-state index in [1.807, 2.05) is 13.0 Å². The molecule has 0 radical (unpaired) electrons. The highest BCUT2D eigenvalue weighted by molar-refractivity contribution is 5.32. The average molecular weight is 272 g/mol. The smallest absolute Gasteiger partial charge is 0.123 e. The topological polar surface area (TPSA) is 38.0 Å². The van der Waals surface area contributed by atoms with E-state index in [2.05, 4.69) is 37.5 Å². The standard InChI is InChI=1S/C17H21FN2/c1-11-4-12(2)6-14(5-11)9-17(20-19)15-7-13(3)8-16(18)10-15/h4-8,10,17,20H,9,19H2,1-3H3. The van der Waals surface area contributed by atoms with Gasteiger partial charge in [-0.3, -0.25) is 11.3 Å². The number of hydrogen-bond acceptors (Lipinski definition) is 2. The third-order valence-electron chi connectivity index (χ3n) is 3.39. The van der Waals surface area contributed by atoms with Gasteiger partial charge in [0, 0.05) is 0 Å². The van der Waals surface area contributed by atoms with Gasteiger partial charge >= 0.3 is 0 Å². The Balaban J connectivity index is 2.28. The molecule has 0 aromatic heterocycles. The maximum atomic E-state index is 13.5. The van der Waals surface area contributed by atoms with Gasteiger partial charge in [0.2, 0.25) is 0 Å². The Kier molecular flexibility index (Phi) is 4.53. The average Bonchev–Trinajstić information content (AvgIpc) is 2.33. The van der Waals surface area contributed by atoms with Crippen molar-refractivity contribution in [2.75, 3.05) is 0 Å². The molecule has 3 N–H and O–H groups in total. The van der Waals surface area contributed by atoms with E-state index in [4.69, 9.17) is 5.84 Å². The lowest BCUT2D eigenvalue weighted by Gasteiger charge is -2.18. The summed E-state index contributed by atoms with van der Waals surface area (Å²) in [6, 6.07) is 11.4. The summed E-state index contributed by atoms with van der Waals surface area (Å²) in [5, 5.41) is 0. The SMILES string of the molecule is Cc1cc(C)cc(CC(NN)c2cc(C)cc(F)c2)c1. The molecule has 106 valence electrons. The van der Waals surface area contributed by atoms with Crippen LogP contribution in [0.5, 0.6) is 0 Å². The normalized spacial score (nSPS) is 12.4. The second-order valence-electron chi connectivity index (χ2n) is 5.48. The zero-order chi connectivity index (χ0) is 14.7. The minimum Gasteiger partial charge on any atom is -0.271 e. The van der Waals surface area contributed by atoms with Crippen LogP contribution in [-0.2, 0) is 6.42 Å². The molecule has 20 heavy (non-hydrogen) atoms. The highest BCUT2D eigenvalue weighted by Crippen LogP contribution is 2.21. The summed E-state index contributed by atoms with van der Waals surface area (Å²) in [6.07, 6.45) is 0.738. The fourth-order valence-electron chi connectivity index (χ4n) is 2.66. The van der Waals surface area contributed by atoms with Crippen LogP contribution < -0.4 is 11.3 Å². The molecule has 0 bridgehead atoms. The third kappa shape index (κ3) is 3.65. The van der Waals surface area contributed by atoms with Gasteiger partial charge in [-0.05, 0) is 56.0 Å². The van der Waals surface area contributed by atoms with Gasteiger partial charge in [-0.25, -0.2) is 4.39 Å². The van der Waals surface area contributed by atoms with Crippen LogP contribution in [0.2, 0.25) is 0 Å². The van der Waals surface area contributed by atoms with E-state index in [0.717, 1.165) is 17.5 Å². The molecule has 2 aromatic rings. The summed E-state index contributed by atoms with van der Waals surface area (Å²) in [4.78, 5) is 0. The maximum absolute atomic E-state index is 13.5. The van der Waals surface area contributed by atoms with Crippen LogP contribution in [0.15, 0.2) is 36.4 Å². The monoisotopic (exact) mass is 272 g/mol. The molecule has 0 heterocycles. The van der Waals surface area contributed by atoms with E-state index in [-0.39, 0.29) is 11.9 Å². The molecule has 1 unspecified atom stereocenters. The van der Waals surface area contributed by atoms with Crippen LogP contribution in [0.4, 0.5) is 4.39 Å². The molecule has 3 heteroatoms. The predicted octanol–water partition coefficient (Wildman–Crippen LogP) is 3.50. The van der Waals surface area contributed by atoms with Crippen molar-refractivity contribution in [2.45, 2.75) is 33.2 Å². The number of rotatable bonds is 4. The first-order valence-corrected chi connectivity index (χ1v) is 6.78. The van der Waals surface area contributed by atoms with Crippen LogP contribution in [0, 0.1) is 26.6 Å². The summed E-state index contributed by atoms with van der Waals surface area (Å²) in [6.45, 7) is 6.04. The largest absolute Gasteiger partial charge is 0.271 e. The van der Waals surface area contributed by atoms with Crippen LogP contribution >= 0.6 is 0 Å². The quantitative estimate of drug-likeness (QED) is 0.660. The van der Waals surface area contributed by atoms with Gasteiger partial charge in [0.1, 0.15) is 5.82 Å². The van der Waals surface area contributed by atoms with E-state index in [0.29, 0.717) is 0 Å². The van der Waals surface area contributed by atoms with E-state index in [9.17, 15) is 4.39 Å². The first-order chi connectivity index (χ1) is 9.47. The number of hydrazine groups is 1. The molecule has 0 aliphatic rings. The molecular formula is C17H21FN2. The number of nitrogens with two attached hydrogens (primary N) is 1. The van der Waals surface area contributed by atoms with Crippen molar-refractivity contribution in [3.05, 3.63) is 70.0 Å². The zero-order valence-corrected chi connectivity index (χ0v) is 12.2. The zero-order valence-electron chi connectivity index (χ0n) is 12.2. The van der Waals surface area contributed by atoms with Gasteiger partial charge in [0.15, 0.2) is 0 Å². The molecule has 2 aromatic carbocycles. The van der Waals surface area contributed by atoms with Crippen molar-refractivity contribution < 1.29 is 4.39 Å². The van der Waals surface area contributed by atoms with Crippen LogP contribution in [-0.4, -0.2) is 0 Å². The van der Waals surface area contributed by atoms with Crippen LogP contribution in [0.1, 0.15) is 33.9 Å². The van der Waals surface area contributed by atoms with Gasteiger partial charge in [0.25, 0.3) is 0 Å². The molecule has 0 aliphatic carbocycles. The Morgan fingerprint density at radius 1 is 0.950 bits per heavy atom. The van der Waals surface area contributed by atoms with Gasteiger partial charge in [-0.2, -0.15) is 0 Å². The highest BCUT2D eigenvalue weighted by Gasteiger charge is 2.12. The molecule has 0 spiro atoms. The molecule has 0 amide bonds. The lowest BCUT2D eigenvalue weighted by atomic mass is 9.96. The molecule has 2 nitrogen and oxygen atoms in total. The van der Waals surface area contributed by atoms with E-state index < -0.39 is 0 Å². The molecular weight excluding hydrogens is 251 g/mol. The molecule has 0 saturated carbocycles. The summed E-state index contributed by atoms with van der Waals surface area (Å²) in [7, 11) is 0. The molecule has 0 fully saturated rings. The van der Waals surface area contributed by atoms with Gasteiger partial charge < -0.3 is 0 Å². The van der Waals surface area contributed by atoms with E-state index >= 15 is 0 Å². The Labute approximate surface area is 119 Å². The highest BCUT2D eigenvalue weighted by atomic mass is 19.1. The molecule has 1 atom stereocenters. The summed E-state index contributed by atoms with van der Waals surface area (Å²) in [5.41, 5.74) is 8.23. The number of aryl methyl sites for hydroxylation is 3. The van der Waals surface area contributed by atoms with Crippen molar-refractivity contribution >= 4 is 0 Å². The van der Waals surface area contributed by atoms with Crippen LogP contribution in [0.3, 0.4) is 0 Å². The fourth-order valence-corrected chi connectivity index (χ4v) is 2.66. The number of benzene rings is 2. The Morgan fingerprint density at radius 3 is 2.10 bits per heavy atom. The first kappa shape index (κ1) is 14.7. The summed E-state index contributed by atoms with van der Waals surface area (Å²) < 4.78 is 13.5. The van der Waals surface area contributed by atoms with Crippen molar-refractivity contribution in [1.82, 2.24) is 5.43 Å². The second-order valence-corrected chi connectivity index (χ2v) is 5.48. The van der Waals surface area contributed by atoms with Crippen molar-refractivity contribution in [3.63, 3.8) is 0 Å². The number of halogens is 1. The minimum atomic E-state index is -0.222. The van der Waals surface area contributed by atoms with E-state index in [1.165, 1.54) is 22.8 Å². The lowest BCUT2D eigenvalue weighted by Crippen LogP contribution is -2.29.